The molecule has 1 aromatic rings. The van der Waals surface area contributed by atoms with Crippen LogP contribution in [0, 0.1) is 17.7 Å². The van der Waals surface area contributed by atoms with Crippen molar-refractivity contribution < 1.29 is 4.39 Å². The normalized spacial score (nSPS) is 28.6. The zero-order chi connectivity index (χ0) is 13.4. The third kappa shape index (κ3) is 2.58. The Morgan fingerprint density at radius 1 is 1.32 bits per heavy atom. The van der Waals surface area contributed by atoms with Crippen molar-refractivity contribution in [2.75, 3.05) is 19.6 Å². The molecule has 104 valence electrons. The van der Waals surface area contributed by atoms with E-state index in [0.29, 0.717) is 11.0 Å². The molecular weight excluding hydrogens is 307 g/mol. The number of hydrogen-bond donors (Lipinski definition) is 1. The van der Waals surface area contributed by atoms with E-state index < -0.39 is 0 Å². The molecule has 1 aromatic carbocycles. The van der Waals surface area contributed by atoms with Crippen molar-refractivity contribution in [1.29, 1.82) is 0 Å². The molecule has 3 rings (SSSR count). The Balaban J connectivity index is 1.79. The summed E-state index contributed by atoms with van der Waals surface area (Å²) < 4.78 is 14.2. The number of fused-ring (bicyclic) bond motifs is 1. The van der Waals surface area contributed by atoms with Crippen molar-refractivity contribution in [2.24, 2.45) is 17.6 Å². The second-order valence-electron chi connectivity index (χ2n) is 5.83. The van der Waals surface area contributed by atoms with Crippen molar-refractivity contribution in [3.8, 4) is 0 Å². The van der Waals surface area contributed by atoms with Gasteiger partial charge in [0.15, 0.2) is 0 Å². The quantitative estimate of drug-likeness (QED) is 0.923. The molecule has 1 saturated carbocycles. The van der Waals surface area contributed by atoms with E-state index in [1.165, 1.54) is 19.3 Å². The van der Waals surface area contributed by atoms with Gasteiger partial charge < -0.3 is 5.73 Å². The second-order valence-corrected chi connectivity index (χ2v) is 6.68. The average molecular weight is 327 g/mol. The van der Waals surface area contributed by atoms with E-state index in [2.05, 4.69) is 20.8 Å². The second kappa shape index (κ2) is 5.51. The van der Waals surface area contributed by atoms with Crippen LogP contribution in [0.3, 0.4) is 0 Å². The predicted octanol–water partition coefficient (Wildman–Crippen LogP) is 3.32. The summed E-state index contributed by atoms with van der Waals surface area (Å²) in [7, 11) is 0. The molecule has 1 saturated heterocycles. The summed E-state index contributed by atoms with van der Waals surface area (Å²) in [6.07, 6.45) is 4.09. The largest absolute Gasteiger partial charge is 0.329 e. The van der Waals surface area contributed by atoms with Gasteiger partial charge in [0.05, 0.1) is 4.47 Å². The fraction of sp³-hybridized carbons (Fsp3) is 0.600. The van der Waals surface area contributed by atoms with Crippen molar-refractivity contribution >= 4 is 15.9 Å². The molecule has 19 heavy (non-hydrogen) atoms. The lowest BCUT2D eigenvalue weighted by molar-refractivity contribution is 0.231. The van der Waals surface area contributed by atoms with Crippen LogP contribution < -0.4 is 5.73 Å². The smallest absolute Gasteiger partial charge is 0.137 e. The lowest BCUT2D eigenvalue weighted by Crippen LogP contribution is -2.32. The first-order chi connectivity index (χ1) is 9.19. The van der Waals surface area contributed by atoms with Crippen LogP contribution in [0.4, 0.5) is 4.39 Å². The first-order valence-corrected chi connectivity index (χ1v) is 7.87. The van der Waals surface area contributed by atoms with E-state index in [-0.39, 0.29) is 11.9 Å². The van der Waals surface area contributed by atoms with Crippen molar-refractivity contribution in [2.45, 2.75) is 25.3 Å². The number of likely N-dealkylation sites (tertiary alicyclic amines) is 1. The standard InChI is InChI=1S/C15H20BrFN2/c16-13-5-4-10(6-14(13)17)15(7-18)19-8-11-2-1-3-12(11)9-19/h4-6,11-12,15H,1-3,7-9,18H2. The summed E-state index contributed by atoms with van der Waals surface area (Å²) >= 11 is 3.20. The average Bonchev–Trinajstić information content (AvgIpc) is 2.95. The highest BCUT2D eigenvalue weighted by Crippen LogP contribution is 2.40. The van der Waals surface area contributed by atoms with Crippen LogP contribution in [-0.2, 0) is 0 Å². The Bertz CT molecular complexity index is 453. The summed E-state index contributed by atoms with van der Waals surface area (Å²) in [5.74, 6) is 1.49. The molecule has 1 aliphatic heterocycles. The zero-order valence-corrected chi connectivity index (χ0v) is 12.6. The summed E-state index contributed by atoms with van der Waals surface area (Å²) in [6, 6.07) is 5.55. The summed E-state index contributed by atoms with van der Waals surface area (Å²) in [5.41, 5.74) is 6.95. The van der Waals surface area contributed by atoms with Gasteiger partial charge in [0.1, 0.15) is 5.82 Å². The molecule has 2 nitrogen and oxygen atoms in total. The zero-order valence-electron chi connectivity index (χ0n) is 11.0. The Labute approximate surface area is 122 Å². The van der Waals surface area contributed by atoms with Gasteiger partial charge in [0.25, 0.3) is 0 Å². The molecule has 2 aliphatic rings. The summed E-state index contributed by atoms with van der Waals surface area (Å²) in [4.78, 5) is 2.46. The highest BCUT2D eigenvalue weighted by molar-refractivity contribution is 9.10. The maximum atomic E-state index is 13.7. The molecule has 0 bridgehead atoms. The van der Waals surface area contributed by atoms with Crippen molar-refractivity contribution in [3.63, 3.8) is 0 Å². The van der Waals surface area contributed by atoms with Gasteiger partial charge in [-0.3, -0.25) is 4.90 Å². The predicted molar refractivity (Wildman–Crippen MR) is 78.3 cm³/mol. The van der Waals surface area contributed by atoms with Crippen molar-refractivity contribution in [3.05, 3.63) is 34.1 Å². The number of nitrogens with two attached hydrogens (primary N) is 1. The molecule has 3 atom stereocenters. The number of halogens is 2. The van der Waals surface area contributed by atoms with E-state index in [0.717, 1.165) is 30.5 Å². The Morgan fingerprint density at radius 2 is 2.00 bits per heavy atom. The molecule has 0 amide bonds. The lowest BCUT2D eigenvalue weighted by atomic mass is 10.0. The molecule has 4 heteroatoms. The minimum atomic E-state index is -0.199. The Hall–Kier alpha value is -0.450. The van der Waals surface area contributed by atoms with Crippen LogP contribution in [-0.4, -0.2) is 24.5 Å². The van der Waals surface area contributed by atoms with Crippen LogP contribution in [0.25, 0.3) is 0 Å². The van der Waals surface area contributed by atoms with E-state index in [1.807, 2.05) is 6.07 Å². The van der Waals surface area contributed by atoms with Crippen LogP contribution in [0.15, 0.2) is 22.7 Å². The first-order valence-electron chi connectivity index (χ1n) is 7.08. The summed E-state index contributed by atoms with van der Waals surface area (Å²) in [5, 5.41) is 0. The molecule has 0 radical (unpaired) electrons. The third-order valence-corrected chi connectivity index (χ3v) is 5.39. The van der Waals surface area contributed by atoms with Gasteiger partial charge in [0.2, 0.25) is 0 Å². The minimum Gasteiger partial charge on any atom is -0.329 e. The van der Waals surface area contributed by atoms with Gasteiger partial charge in [0, 0.05) is 25.7 Å². The first kappa shape index (κ1) is 13.5. The number of benzene rings is 1. The monoisotopic (exact) mass is 326 g/mol. The number of rotatable bonds is 3. The molecule has 0 aromatic heterocycles. The number of hydrogen-bond acceptors (Lipinski definition) is 2. The molecule has 1 heterocycles. The number of nitrogens with zero attached hydrogens (tertiary/aromatic N) is 1. The van der Waals surface area contributed by atoms with Gasteiger partial charge in [-0.25, -0.2) is 4.39 Å². The molecular formula is C15H20BrFN2. The van der Waals surface area contributed by atoms with Crippen molar-refractivity contribution in [1.82, 2.24) is 4.90 Å². The maximum Gasteiger partial charge on any atom is 0.137 e. The molecule has 2 fully saturated rings. The van der Waals surface area contributed by atoms with E-state index in [1.54, 1.807) is 12.1 Å². The summed E-state index contributed by atoms with van der Waals surface area (Å²) in [6.45, 7) is 2.81. The van der Waals surface area contributed by atoms with Gasteiger partial charge in [-0.15, -0.1) is 0 Å². The third-order valence-electron chi connectivity index (χ3n) is 4.75. The molecule has 2 N–H and O–H groups in total. The lowest BCUT2D eigenvalue weighted by Gasteiger charge is -2.28. The molecule has 0 spiro atoms. The van der Waals surface area contributed by atoms with Gasteiger partial charge in [-0.2, -0.15) is 0 Å². The van der Waals surface area contributed by atoms with Crippen LogP contribution >= 0.6 is 15.9 Å². The van der Waals surface area contributed by atoms with Gasteiger partial charge in [-0.05, 0) is 58.3 Å². The van der Waals surface area contributed by atoms with Gasteiger partial charge in [-0.1, -0.05) is 12.5 Å². The van der Waals surface area contributed by atoms with E-state index >= 15 is 0 Å². The van der Waals surface area contributed by atoms with Crippen LogP contribution in [0.5, 0.6) is 0 Å². The maximum absolute atomic E-state index is 13.7. The SMILES string of the molecule is NCC(c1ccc(Br)c(F)c1)N1CC2CCCC2C1. The fourth-order valence-electron chi connectivity index (χ4n) is 3.74. The van der Waals surface area contributed by atoms with E-state index in [9.17, 15) is 4.39 Å². The molecule has 1 aliphatic carbocycles. The molecule has 3 unspecified atom stereocenters. The Kier molecular flexibility index (Phi) is 3.92. The fourth-order valence-corrected chi connectivity index (χ4v) is 3.99. The van der Waals surface area contributed by atoms with Gasteiger partial charge >= 0.3 is 0 Å². The van der Waals surface area contributed by atoms with E-state index in [4.69, 9.17) is 5.73 Å². The van der Waals surface area contributed by atoms with Crippen LogP contribution in [0.1, 0.15) is 30.9 Å². The highest BCUT2D eigenvalue weighted by atomic mass is 79.9. The highest BCUT2D eigenvalue weighted by Gasteiger charge is 2.38. The van der Waals surface area contributed by atoms with Crippen LogP contribution in [0.2, 0.25) is 0 Å². The Morgan fingerprint density at radius 3 is 2.58 bits per heavy atom. The topological polar surface area (TPSA) is 29.3 Å². The minimum absolute atomic E-state index is 0.160.